The molecule has 1 aliphatic carbocycles. The predicted molar refractivity (Wildman–Crippen MR) is 77.9 cm³/mol. The van der Waals surface area contributed by atoms with E-state index < -0.39 is 11.6 Å². The fourth-order valence-corrected chi connectivity index (χ4v) is 1.59. The van der Waals surface area contributed by atoms with Crippen molar-refractivity contribution < 1.29 is 8.78 Å². The topological polar surface area (TPSA) is 41.6 Å². The maximum absolute atomic E-state index is 13.3. The third-order valence-electron chi connectivity index (χ3n) is 2.88. The van der Waals surface area contributed by atoms with Crippen LogP contribution in [-0.4, -0.2) is 23.9 Å². The van der Waals surface area contributed by atoms with E-state index in [1.807, 2.05) is 11.9 Å². The summed E-state index contributed by atoms with van der Waals surface area (Å²) in [6.07, 6.45) is 2.22. The summed E-state index contributed by atoms with van der Waals surface area (Å²) in [5.74, 6) is -0.557. The average Bonchev–Trinajstić information content (AvgIpc) is 3.13. The zero-order valence-electron chi connectivity index (χ0n) is 10.1. The van der Waals surface area contributed by atoms with Crippen LogP contribution in [0.4, 0.5) is 8.78 Å². The minimum atomic E-state index is -0.467. The van der Waals surface area contributed by atoms with Gasteiger partial charge in [-0.05, 0) is 31.0 Å². The van der Waals surface area contributed by atoms with Crippen LogP contribution in [0.15, 0.2) is 23.2 Å². The van der Waals surface area contributed by atoms with Gasteiger partial charge >= 0.3 is 0 Å². The van der Waals surface area contributed by atoms with Gasteiger partial charge in [-0.3, -0.25) is 0 Å². The minimum absolute atomic E-state index is 0. The Labute approximate surface area is 122 Å². The van der Waals surface area contributed by atoms with Gasteiger partial charge in [-0.15, -0.1) is 24.0 Å². The first kappa shape index (κ1) is 15.1. The summed E-state index contributed by atoms with van der Waals surface area (Å²) in [5.41, 5.74) is 5.97. The van der Waals surface area contributed by atoms with Crippen LogP contribution in [-0.2, 0) is 6.54 Å². The summed E-state index contributed by atoms with van der Waals surface area (Å²) in [6.45, 7) is 0.0620. The highest BCUT2D eigenvalue weighted by Gasteiger charge is 2.27. The molecule has 0 aliphatic heterocycles. The van der Waals surface area contributed by atoms with Gasteiger partial charge in [0.05, 0.1) is 6.54 Å². The molecule has 0 aromatic heterocycles. The third-order valence-corrected chi connectivity index (χ3v) is 2.88. The molecule has 0 unspecified atom stereocenters. The van der Waals surface area contributed by atoms with Crippen molar-refractivity contribution in [3.8, 4) is 0 Å². The maximum atomic E-state index is 13.3. The van der Waals surface area contributed by atoms with Gasteiger partial charge < -0.3 is 10.6 Å². The number of benzene rings is 1. The van der Waals surface area contributed by atoms with Gasteiger partial charge in [0.15, 0.2) is 5.96 Å². The number of halogens is 3. The van der Waals surface area contributed by atoms with Crippen LogP contribution in [0.5, 0.6) is 0 Å². The van der Waals surface area contributed by atoms with Crippen LogP contribution in [0.3, 0.4) is 0 Å². The standard InChI is InChI=1S/C12H15F2N3.HI/c1-17(10-3-4-10)12(15)16-7-8-6-9(13)2-5-11(8)14;/h2,5-6,10H,3-4,7H2,1H3,(H2,15,16);1H. The second-order valence-corrected chi connectivity index (χ2v) is 4.25. The van der Waals surface area contributed by atoms with E-state index >= 15 is 0 Å². The summed E-state index contributed by atoms with van der Waals surface area (Å²) < 4.78 is 26.2. The van der Waals surface area contributed by atoms with E-state index in [2.05, 4.69) is 4.99 Å². The Morgan fingerprint density at radius 3 is 2.72 bits per heavy atom. The Morgan fingerprint density at radius 1 is 1.44 bits per heavy atom. The van der Waals surface area contributed by atoms with Crippen LogP contribution >= 0.6 is 24.0 Å². The van der Waals surface area contributed by atoms with Gasteiger partial charge in [-0.1, -0.05) is 0 Å². The number of rotatable bonds is 3. The fraction of sp³-hybridized carbons (Fsp3) is 0.417. The van der Waals surface area contributed by atoms with Gasteiger partial charge in [0, 0.05) is 18.7 Å². The molecule has 1 saturated carbocycles. The summed E-state index contributed by atoms with van der Waals surface area (Å²) in [6, 6.07) is 3.78. The van der Waals surface area contributed by atoms with Crippen molar-refractivity contribution in [3.63, 3.8) is 0 Å². The first-order chi connectivity index (χ1) is 8.08. The predicted octanol–water partition coefficient (Wildman–Crippen LogP) is 2.49. The third kappa shape index (κ3) is 3.79. The number of nitrogens with zero attached hydrogens (tertiary/aromatic N) is 2. The Hall–Kier alpha value is -0.920. The molecule has 0 heterocycles. The number of nitrogens with two attached hydrogens (primary N) is 1. The molecule has 18 heavy (non-hydrogen) atoms. The second kappa shape index (κ2) is 6.31. The van der Waals surface area contributed by atoms with E-state index in [4.69, 9.17) is 5.73 Å². The average molecular weight is 367 g/mol. The molecule has 0 amide bonds. The van der Waals surface area contributed by atoms with Crippen LogP contribution in [0.2, 0.25) is 0 Å². The van der Waals surface area contributed by atoms with E-state index in [1.165, 1.54) is 0 Å². The van der Waals surface area contributed by atoms with E-state index in [0.717, 1.165) is 31.0 Å². The summed E-state index contributed by atoms with van der Waals surface area (Å²) in [4.78, 5) is 5.94. The van der Waals surface area contributed by atoms with E-state index in [1.54, 1.807) is 0 Å². The molecule has 3 nitrogen and oxygen atoms in total. The quantitative estimate of drug-likeness (QED) is 0.507. The first-order valence-corrected chi connectivity index (χ1v) is 5.54. The minimum Gasteiger partial charge on any atom is -0.370 e. The van der Waals surface area contributed by atoms with Crippen LogP contribution in [0.25, 0.3) is 0 Å². The molecule has 1 aromatic carbocycles. The fourth-order valence-electron chi connectivity index (χ4n) is 1.59. The molecule has 2 N–H and O–H groups in total. The normalized spacial score (nSPS) is 15.2. The highest BCUT2D eigenvalue weighted by molar-refractivity contribution is 14.0. The van der Waals surface area contributed by atoms with Crippen LogP contribution < -0.4 is 5.73 Å². The lowest BCUT2D eigenvalue weighted by Gasteiger charge is -2.16. The van der Waals surface area contributed by atoms with Crippen molar-refractivity contribution in [3.05, 3.63) is 35.4 Å². The van der Waals surface area contributed by atoms with Gasteiger partial charge in [0.2, 0.25) is 0 Å². The van der Waals surface area contributed by atoms with Crippen LogP contribution in [0.1, 0.15) is 18.4 Å². The van der Waals surface area contributed by atoms with Crippen molar-refractivity contribution in [2.75, 3.05) is 7.05 Å². The molecule has 1 aromatic rings. The molecule has 0 spiro atoms. The molecule has 1 fully saturated rings. The van der Waals surface area contributed by atoms with Crippen molar-refractivity contribution in [2.45, 2.75) is 25.4 Å². The Morgan fingerprint density at radius 2 is 2.11 bits per heavy atom. The second-order valence-electron chi connectivity index (χ2n) is 4.25. The zero-order valence-corrected chi connectivity index (χ0v) is 12.4. The summed E-state index contributed by atoms with van der Waals surface area (Å²) in [5, 5.41) is 0. The molecule has 100 valence electrons. The van der Waals surface area contributed by atoms with Crippen molar-refractivity contribution >= 4 is 29.9 Å². The van der Waals surface area contributed by atoms with Crippen LogP contribution in [0, 0.1) is 11.6 Å². The lowest BCUT2D eigenvalue weighted by atomic mass is 10.2. The lowest BCUT2D eigenvalue weighted by Crippen LogP contribution is -2.35. The maximum Gasteiger partial charge on any atom is 0.191 e. The molecule has 0 radical (unpaired) electrons. The SMILES string of the molecule is CN(C(N)=NCc1cc(F)ccc1F)C1CC1.I. The first-order valence-electron chi connectivity index (χ1n) is 5.54. The molecule has 0 bridgehead atoms. The monoisotopic (exact) mass is 367 g/mol. The molecule has 6 heteroatoms. The van der Waals surface area contributed by atoms with Crippen molar-refractivity contribution in [1.82, 2.24) is 4.90 Å². The van der Waals surface area contributed by atoms with E-state index in [0.29, 0.717) is 12.0 Å². The molecule has 0 saturated heterocycles. The summed E-state index contributed by atoms with van der Waals surface area (Å²) in [7, 11) is 1.86. The smallest absolute Gasteiger partial charge is 0.191 e. The molecular formula is C12H16F2IN3. The highest BCUT2D eigenvalue weighted by atomic mass is 127. The van der Waals surface area contributed by atoms with E-state index in [9.17, 15) is 8.78 Å². The van der Waals surface area contributed by atoms with Crippen molar-refractivity contribution in [1.29, 1.82) is 0 Å². The highest BCUT2D eigenvalue weighted by Crippen LogP contribution is 2.25. The van der Waals surface area contributed by atoms with Gasteiger partial charge in [0.1, 0.15) is 11.6 Å². The molecule has 0 atom stereocenters. The Balaban J connectivity index is 0.00000162. The Kier molecular flexibility index (Phi) is 5.30. The molecular weight excluding hydrogens is 351 g/mol. The molecule has 1 aliphatic rings. The van der Waals surface area contributed by atoms with E-state index in [-0.39, 0.29) is 36.1 Å². The summed E-state index contributed by atoms with van der Waals surface area (Å²) >= 11 is 0. The van der Waals surface area contributed by atoms with Gasteiger partial charge in [0.25, 0.3) is 0 Å². The largest absolute Gasteiger partial charge is 0.370 e. The van der Waals surface area contributed by atoms with Crippen molar-refractivity contribution in [2.24, 2.45) is 10.7 Å². The van der Waals surface area contributed by atoms with Gasteiger partial charge in [-0.25, -0.2) is 13.8 Å². The number of hydrogen-bond donors (Lipinski definition) is 1. The Bertz CT molecular complexity index is 447. The zero-order chi connectivity index (χ0) is 12.4. The number of guanidine groups is 1. The number of hydrogen-bond acceptors (Lipinski definition) is 1. The lowest BCUT2D eigenvalue weighted by molar-refractivity contribution is 0.486. The van der Waals surface area contributed by atoms with Gasteiger partial charge in [-0.2, -0.15) is 0 Å². The molecule has 2 rings (SSSR count). The number of aliphatic imine (C=N–C) groups is 1.